The molecule has 4 heteroatoms. The first kappa shape index (κ1) is 12.6. The molecule has 1 saturated carbocycles. The summed E-state index contributed by atoms with van der Waals surface area (Å²) in [5, 5.41) is 0. The van der Waals surface area contributed by atoms with Crippen LogP contribution >= 0.6 is 0 Å². The van der Waals surface area contributed by atoms with Crippen molar-refractivity contribution in [3.05, 3.63) is 23.7 Å². The Balaban J connectivity index is 1.91. The summed E-state index contributed by atoms with van der Waals surface area (Å²) in [7, 11) is 0. The average molecular weight is 258 g/mol. The van der Waals surface area contributed by atoms with Gasteiger partial charge in [-0.05, 0) is 50.2 Å². The Labute approximate surface area is 113 Å². The van der Waals surface area contributed by atoms with Crippen molar-refractivity contribution in [3.8, 4) is 0 Å². The van der Waals surface area contributed by atoms with E-state index >= 15 is 0 Å². The van der Waals surface area contributed by atoms with E-state index in [1.54, 1.807) is 0 Å². The van der Waals surface area contributed by atoms with Crippen molar-refractivity contribution in [2.75, 3.05) is 0 Å². The quantitative estimate of drug-likeness (QED) is 0.870. The lowest BCUT2D eigenvalue weighted by molar-refractivity contribution is 0.223. The number of nitrogens with zero attached hydrogens (tertiary/aromatic N) is 2. The molecule has 0 bridgehead atoms. The predicted molar refractivity (Wildman–Crippen MR) is 76.7 cm³/mol. The molecular formula is C15H22N4. The van der Waals surface area contributed by atoms with Gasteiger partial charge in [0.1, 0.15) is 5.82 Å². The first-order valence-corrected chi connectivity index (χ1v) is 7.22. The summed E-state index contributed by atoms with van der Waals surface area (Å²) in [6, 6.07) is 2.08. The molecule has 1 fully saturated rings. The van der Waals surface area contributed by atoms with Gasteiger partial charge in [0.15, 0.2) is 5.65 Å². The van der Waals surface area contributed by atoms with Gasteiger partial charge in [-0.1, -0.05) is 13.3 Å². The maximum absolute atomic E-state index is 6.58. The molecule has 19 heavy (non-hydrogen) atoms. The Hall–Kier alpha value is -1.42. The van der Waals surface area contributed by atoms with E-state index in [4.69, 9.17) is 5.73 Å². The van der Waals surface area contributed by atoms with Crippen molar-refractivity contribution in [1.29, 1.82) is 0 Å². The number of rotatable bonds is 2. The van der Waals surface area contributed by atoms with E-state index in [1.165, 1.54) is 19.3 Å². The second-order valence-electron chi connectivity index (χ2n) is 5.98. The summed E-state index contributed by atoms with van der Waals surface area (Å²) in [6.45, 7) is 4.31. The van der Waals surface area contributed by atoms with Crippen molar-refractivity contribution in [2.24, 2.45) is 11.7 Å². The topological polar surface area (TPSA) is 67.6 Å². The lowest BCUT2D eigenvalue weighted by Crippen LogP contribution is -2.41. The zero-order valence-corrected chi connectivity index (χ0v) is 11.7. The predicted octanol–water partition coefficient (Wildman–Crippen LogP) is 3.02. The highest BCUT2D eigenvalue weighted by Gasteiger charge is 2.35. The molecule has 0 spiro atoms. The van der Waals surface area contributed by atoms with Gasteiger partial charge in [-0.15, -0.1) is 0 Å². The third-order valence-electron chi connectivity index (χ3n) is 4.52. The fourth-order valence-electron chi connectivity index (χ4n) is 3.08. The number of pyridine rings is 1. The zero-order valence-electron chi connectivity index (χ0n) is 11.7. The number of H-pyrrole nitrogens is 1. The fourth-order valence-corrected chi connectivity index (χ4v) is 3.08. The van der Waals surface area contributed by atoms with Crippen LogP contribution in [0.2, 0.25) is 0 Å². The van der Waals surface area contributed by atoms with E-state index in [0.717, 1.165) is 41.3 Å². The van der Waals surface area contributed by atoms with Crippen LogP contribution in [0.3, 0.4) is 0 Å². The molecule has 0 radical (unpaired) electrons. The summed E-state index contributed by atoms with van der Waals surface area (Å²) in [6.07, 6.45) is 7.56. The summed E-state index contributed by atoms with van der Waals surface area (Å²) in [5.74, 6) is 1.75. The van der Waals surface area contributed by atoms with Gasteiger partial charge in [0.2, 0.25) is 0 Å². The van der Waals surface area contributed by atoms with E-state index < -0.39 is 0 Å². The maximum Gasteiger partial charge on any atom is 0.177 e. The van der Waals surface area contributed by atoms with E-state index in [9.17, 15) is 0 Å². The van der Waals surface area contributed by atoms with Crippen molar-refractivity contribution < 1.29 is 0 Å². The van der Waals surface area contributed by atoms with E-state index in [-0.39, 0.29) is 5.54 Å². The highest BCUT2D eigenvalue weighted by molar-refractivity contribution is 5.71. The molecule has 0 saturated heterocycles. The number of nitrogens with one attached hydrogen (secondary N) is 1. The van der Waals surface area contributed by atoms with Crippen LogP contribution in [0.4, 0.5) is 0 Å². The monoisotopic (exact) mass is 258 g/mol. The highest BCUT2D eigenvalue weighted by Crippen LogP contribution is 2.37. The van der Waals surface area contributed by atoms with Crippen LogP contribution in [-0.2, 0) is 5.54 Å². The van der Waals surface area contributed by atoms with Crippen molar-refractivity contribution in [1.82, 2.24) is 15.0 Å². The number of hydrogen-bond acceptors (Lipinski definition) is 3. The zero-order chi connectivity index (χ0) is 13.5. The number of aromatic amines is 1. The first-order valence-electron chi connectivity index (χ1n) is 7.22. The highest BCUT2D eigenvalue weighted by atomic mass is 15.0. The van der Waals surface area contributed by atoms with E-state index in [0.29, 0.717) is 0 Å². The minimum Gasteiger partial charge on any atom is -0.339 e. The fraction of sp³-hybridized carbons (Fsp3) is 0.600. The summed E-state index contributed by atoms with van der Waals surface area (Å²) >= 11 is 0. The molecule has 1 aliphatic rings. The Morgan fingerprint density at radius 1 is 1.42 bits per heavy atom. The van der Waals surface area contributed by atoms with E-state index in [1.807, 2.05) is 13.1 Å². The molecular weight excluding hydrogens is 236 g/mol. The maximum atomic E-state index is 6.58. The summed E-state index contributed by atoms with van der Waals surface area (Å²) in [4.78, 5) is 12.3. The van der Waals surface area contributed by atoms with Gasteiger partial charge < -0.3 is 10.7 Å². The number of aryl methyl sites for hydroxylation is 1. The largest absolute Gasteiger partial charge is 0.339 e. The number of aromatic nitrogens is 3. The second kappa shape index (κ2) is 4.60. The molecule has 102 valence electrons. The van der Waals surface area contributed by atoms with Crippen LogP contribution in [0.1, 0.15) is 50.4 Å². The Kier molecular flexibility index (Phi) is 3.05. The molecule has 0 aliphatic heterocycles. The molecule has 3 rings (SSSR count). The molecule has 1 aliphatic carbocycles. The lowest BCUT2D eigenvalue weighted by atomic mass is 9.76. The normalized spacial score (nSPS) is 27.8. The molecule has 0 amide bonds. The number of imidazole rings is 1. The van der Waals surface area contributed by atoms with Gasteiger partial charge in [-0.25, -0.2) is 9.97 Å². The SMILES string of the molecule is CCC1CCC(N)(c2nc3ncc(C)cc3[nH]2)CC1. The minimum absolute atomic E-state index is 0.291. The number of hydrogen-bond donors (Lipinski definition) is 2. The molecule has 2 heterocycles. The Bertz CT molecular complexity index is 579. The van der Waals surface area contributed by atoms with Gasteiger partial charge in [0, 0.05) is 6.20 Å². The number of nitrogens with two attached hydrogens (primary N) is 1. The molecule has 0 aromatic carbocycles. The van der Waals surface area contributed by atoms with Gasteiger partial charge in [0.05, 0.1) is 11.1 Å². The van der Waals surface area contributed by atoms with Crippen LogP contribution in [-0.4, -0.2) is 15.0 Å². The summed E-state index contributed by atoms with van der Waals surface area (Å²) in [5.41, 5.74) is 9.21. The molecule has 2 aromatic rings. The summed E-state index contributed by atoms with van der Waals surface area (Å²) < 4.78 is 0. The Morgan fingerprint density at radius 3 is 2.84 bits per heavy atom. The van der Waals surface area contributed by atoms with Crippen molar-refractivity contribution in [2.45, 2.75) is 51.5 Å². The minimum atomic E-state index is -0.291. The second-order valence-corrected chi connectivity index (χ2v) is 5.98. The molecule has 4 nitrogen and oxygen atoms in total. The van der Waals surface area contributed by atoms with Crippen molar-refractivity contribution >= 4 is 11.2 Å². The molecule has 2 aromatic heterocycles. The third kappa shape index (κ3) is 2.25. The van der Waals surface area contributed by atoms with Crippen LogP contribution in [0.15, 0.2) is 12.3 Å². The molecule has 0 atom stereocenters. The van der Waals surface area contributed by atoms with Crippen LogP contribution in [0, 0.1) is 12.8 Å². The average Bonchev–Trinajstić information content (AvgIpc) is 2.83. The van der Waals surface area contributed by atoms with Gasteiger partial charge in [0.25, 0.3) is 0 Å². The van der Waals surface area contributed by atoms with Crippen LogP contribution in [0.25, 0.3) is 11.2 Å². The third-order valence-corrected chi connectivity index (χ3v) is 4.52. The molecule has 3 N–H and O–H groups in total. The van der Waals surface area contributed by atoms with Crippen molar-refractivity contribution in [3.63, 3.8) is 0 Å². The van der Waals surface area contributed by atoms with E-state index in [2.05, 4.69) is 27.9 Å². The standard InChI is InChI=1S/C15H22N4/c1-3-11-4-6-15(16,7-5-11)14-18-12-8-10(2)9-17-13(12)19-14/h8-9,11H,3-7,16H2,1-2H3,(H,17,18,19). The Morgan fingerprint density at radius 2 is 2.16 bits per heavy atom. The molecule has 0 unspecified atom stereocenters. The van der Waals surface area contributed by atoms with Gasteiger partial charge in [-0.2, -0.15) is 0 Å². The van der Waals surface area contributed by atoms with Gasteiger partial charge in [-0.3, -0.25) is 0 Å². The lowest BCUT2D eigenvalue weighted by Gasteiger charge is -2.35. The van der Waals surface area contributed by atoms with Crippen LogP contribution in [0.5, 0.6) is 0 Å². The van der Waals surface area contributed by atoms with Crippen LogP contribution < -0.4 is 5.73 Å². The first-order chi connectivity index (χ1) is 9.10. The van der Waals surface area contributed by atoms with Gasteiger partial charge >= 0.3 is 0 Å². The smallest absolute Gasteiger partial charge is 0.177 e. The number of fused-ring (bicyclic) bond motifs is 1.